The van der Waals surface area contributed by atoms with Gasteiger partial charge in [-0.2, -0.15) is 0 Å². The molecule has 2 unspecified atom stereocenters. The third kappa shape index (κ3) is 2.91. The van der Waals surface area contributed by atoms with Crippen molar-refractivity contribution in [1.29, 1.82) is 0 Å². The first-order chi connectivity index (χ1) is 10.8. The van der Waals surface area contributed by atoms with Crippen LogP contribution in [0.3, 0.4) is 0 Å². The summed E-state index contributed by atoms with van der Waals surface area (Å²) in [6, 6.07) is 1.47. The minimum Gasteiger partial charge on any atom is -0.299 e. The molecule has 1 aromatic rings. The van der Waals surface area contributed by atoms with Crippen molar-refractivity contribution in [2.24, 2.45) is 5.92 Å². The van der Waals surface area contributed by atoms with E-state index in [1.54, 1.807) is 0 Å². The van der Waals surface area contributed by atoms with E-state index in [0.29, 0.717) is 18.9 Å². The Morgan fingerprint density at radius 2 is 1.61 bits per heavy atom. The van der Waals surface area contributed by atoms with Crippen LogP contribution in [0.4, 0.5) is 13.2 Å². The van der Waals surface area contributed by atoms with Crippen molar-refractivity contribution in [1.82, 2.24) is 0 Å². The second kappa shape index (κ2) is 5.92. The monoisotopic (exact) mass is 346 g/mol. The van der Waals surface area contributed by atoms with E-state index in [1.807, 2.05) is 0 Å². The zero-order valence-electron chi connectivity index (χ0n) is 12.4. The predicted octanol–water partition coefficient (Wildman–Crippen LogP) is 2.96. The minimum absolute atomic E-state index is 0.205. The van der Waals surface area contributed by atoms with Gasteiger partial charge in [0.1, 0.15) is 11.6 Å². The van der Waals surface area contributed by atoms with Gasteiger partial charge in [-0.3, -0.25) is 4.79 Å². The van der Waals surface area contributed by atoms with Crippen LogP contribution in [0.1, 0.15) is 37.7 Å². The number of fused-ring (bicyclic) bond motifs is 2. The van der Waals surface area contributed by atoms with E-state index in [4.69, 9.17) is 0 Å². The van der Waals surface area contributed by atoms with Gasteiger partial charge in [-0.05, 0) is 37.8 Å². The molecule has 0 saturated carbocycles. The van der Waals surface area contributed by atoms with Crippen molar-refractivity contribution < 1.29 is 26.4 Å². The third-order valence-corrected chi connectivity index (χ3v) is 7.74. The second-order valence-corrected chi connectivity index (χ2v) is 8.91. The third-order valence-electron chi connectivity index (χ3n) is 5.02. The van der Waals surface area contributed by atoms with E-state index in [-0.39, 0.29) is 12.8 Å². The maximum atomic E-state index is 13.7. The fourth-order valence-corrected chi connectivity index (χ4v) is 6.26. The Morgan fingerprint density at radius 3 is 2.22 bits per heavy atom. The number of hydrogen-bond acceptors (Lipinski definition) is 3. The van der Waals surface area contributed by atoms with Gasteiger partial charge < -0.3 is 0 Å². The van der Waals surface area contributed by atoms with E-state index >= 15 is 0 Å². The molecule has 2 saturated heterocycles. The maximum Gasteiger partial charge on any atom is 0.165 e. The Labute approximate surface area is 132 Å². The molecule has 126 valence electrons. The Kier molecular flexibility index (Phi) is 4.25. The molecule has 0 aromatic heterocycles. The molecular formula is C16H17F3O3S. The van der Waals surface area contributed by atoms with Crippen LogP contribution in [-0.4, -0.2) is 24.7 Å². The van der Waals surface area contributed by atoms with Crippen molar-refractivity contribution >= 4 is 15.6 Å². The number of halogens is 3. The number of carbonyl (C=O) groups is 1. The standard InChI is InChI=1S/C16H17F3O3S/c17-13-4-5-14(18)16(19)12(13)8-15(20)9-6-10-2-1-3-11(7-9)23(10,21)22/h4-5,9-11H,1-3,6-8H2. The van der Waals surface area contributed by atoms with Gasteiger partial charge in [0.2, 0.25) is 0 Å². The molecule has 2 heterocycles. The largest absolute Gasteiger partial charge is 0.299 e. The Hall–Kier alpha value is -1.37. The van der Waals surface area contributed by atoms with Gasteiger partial charge in [-0.15, -0.1) is 0 Å². The lowest BCUT2D eigenvalue weighted by Crippen LogP contribution is -2.45. The highest BCUT2D eigenvalue weighted by Gasteiger charge is 2.45. The quantitative estimate of drug-likeness (QED) is 0.791. The Bertz CT molecular complexity index is 725. The van der Waals surface area contributed by atoms with Crippen molar-refractivity contribution in [2.45, 2.75) is 49.0 Å². The minimum atomic E-state index is -3.19. The fraction of sp³-hybridized carbons (Fsp3) is 0.562. The van der Waals surface area contributed by atoms with Crippen LogP contribution in [0, 0.1) is 23.4 Å². The zero-order chi connectivity index (χ0) is 16.8. The summed E-state index contributed by atoms with van der Waals surface area (Å²) in [6.07, 6.45) is 1.76. The molecular weight excluding hydrogens is 329 g/mol. The zero-order valence-corrected chi connectivity index (χ0v) is 13.2. The first-order valence-electron chi connectivity index (χ1n) is 7.68. The summed E-state index contributed by atoms with van der Waals surface area (Å²) in [6.45, 7) is 0. The Morgan fingerprint density at radius 1 is 1.04 bits per heavy atom. The van der Waals surface area contributed by atoms with E-state index in [1.165, 1.54) is 0 Å². The van der Waals surface area contributed by atoms with Crippen molar-refractivity contribution in [3.05, 3.63) is 35.1 Å². The van der Waals surface area contributed by atoms with Crippen LogP contribution in [-0.2, 0) is 21.1 Å². The van der Waals surface area contributed by atoms with Gasteiger partial charge in [0.05, 0.1) is 10.5 Å². The van der Waals surface area contributed by atoms with Gasteiger partial charge in [-0.1, -0.05) is 6.42 Å². The molecule has 2 aliphatic heterocycles. The molecule has 23 heavy (non-hydrogen) atoms. The SMILES string of the molecule is O=C(Cc1c(F)ccc(F)c1F)C1CC2CCCC(C1)S2(=O)=O. The van der Waals surface area contributed by atoms with Crippen LogP contribution in [0.5, 0.6) is 0 Å². The number of carbonyl (C=O) groups excluding carboxylic acids is 1. The smallest absolute Gasteiger partial charge is 0.165 e. The van der Waals surface area contributed by atoms with E-state index in [9.17, 15) is 26.4 Å². The lowest BCUT2D eigenvalue weighted by atomic mass is 9.84. The fourth-order valence-electron chi connectivity index (χ4n) is 3.72. The van der Waals surface area contributed by atoms with E-state index in [2.05, 4.69) is 0 Å². The normalized spacial score (nSPS) is 29.3. The molecule has 0 amide bonds. The highest BCUT2D eigenvalue weighted by molar-refractivity contribution is 7.92. The summed E-state index contributed by atoms with van der Waals surface area (Å²) >= 11 is 0. The molecule has 2 atom stereocenters. The summed E-state index contributed by atoms with van der Waals surface area (Å²) in [5.41, 5.74) is -0.575. The van der Waals surface area contributed by atoms with Crippen LogP contribution < -0.4 is 0 Å². The molecule has 0 radical (unpaired) electrons. The van der Waals surface area contributed by atoms with Gasteiger partial charge in [0, 0.05) is 17.9 Å². The van der Waals surface area contributed by atoms with E-state index in [0.717, 1.165) is 12.5 Å². The number of rotatable bonds is 3. The number of Topliss-reactive ketones (excluding diaryl/α,β-unsaturated/α-hetero) is 1. The van der Waals surface area contributed by atoms with Crippen LogP contribution in [0.15, 0.2) is 12.1 Å². The molecule has 0 N–H and O–H groups in total. The van der Waals surface area contributed by atoms with Crippen LogP contribution in [0.25, 0.3) is 0 Å². The highest BCUT2D eigenvalue weighted by atomic mass is 32.2. The highest BCUT2D eigenvalue weighted by Crippen LogP contribution is 2.40. The maximum absolute atomic E-state index is 13.7. The summed E-state index contributed by atoms with van der Waals surface area (Å²) in [5, 5.41) is -1.07. The molecule has 1 aromatic carbocycles. The summed E-state index contributed by atoms with van der Waals surface area (Å²) in [5.74, 6) is -4.45. The molecule has 0 aliphatic carbocycles. The van der Waals surface area contributed by atoms with Gasteiger partial charge >= 0.3 is 0 Å². The van der Waals surface area contributed by atoms with Crippen LogP contribution >= 0.6 is 0 Å². The van der Waals surface area contributed by atoms with Crippen molar-refractivity contribution in [2.75, 3.05) is 0 Å². The molecule has 3 rings (SSSR count). The van der Waals surface area contributed by atoms with Gasteiger partial charge in [0.15, 0.2) is 21.5 Å². The second-order valence-electron chi connectivity index (χ2n) is 6.40. The van der Waals surface area contributed by atoms with E-state index < -0.39 is 61.5 Å². The molecule has 2 aliphatic rings. The summed E-state index contributed by atoms with van der Waals surface area (Å²) in [7, 11) is -3.19. The lowest BCUT2D eigenvalue weighted by molar-refractivity contribution is -0.123. The molecule has 3 nitrogen and oxygen atoms in total. The topological polar surface area (TPSA) is 51.2 Å². The van der Waals surface area contributed by atoms with Crippen LogP contribution in [0.2, 0.25) is 0 Å². The molecule has 2 fully saturated rings. The summed E-state index contributed by atoms with van der Waals surface area (Å²) < 4.78 is 64.9. The predicted molar refractivity (Wildman–Crippen MR) is 78.1 cm³/mol. The first kappa shape index (κ1) is 16.5. The molecule has 0 spiro atoms. The van der Waals surface area contributed by atoms with Crippen molar-refractivity contribution in [3.8, 4) is 0 Å². The number of sulfone groups is 1. The number of ketones is 1. The molecule has 7 heteroatoms. The number of hydrogen-bond donors (Lipinski definition) is 0. The Balaban J connectivity index is 1.79. The number of benzene rings is 1. The average molecular weight is 346 g/mol. The first-order valence-corrected chi connectivity index (χ1v) is 9.29. The van der Waals surface area contributed by atoms with Gasteiger partial charge in [0.25, 0.3) is 0 Å². The summed E-state index contributed by atoms with van der Waals surface area (Å²) in [4.78, 5) is 12.4. The van der Waals surface area contributed by atoms with Crippen molar-refractivity contribution in [3.63, 3.8) is 0 Å². The molecule has 2 bridgehead atoms. The average Bonchev–Trinajstić information content (AvgIpc) is 2.46. The lowest BCUT2D eigenvalue weighted by Gasteiger charge is -2.38. The van der Waals surface area contributed by atoms with Gasteiger partial charge in [-0.25, -0.2) is 21.6 Å².